The highest BCUT2D eigenvalue weighted by Crippen LogP contribution is 2.44. The van der Waals surface area contributed by atoms with E-state index in [9.17, 15) is 4.79 Å². The summed E-state index contributed by atoms with van der Waals surface area (Å²) in [6, 6.07) is 12.7. The van der Waals surface area contributed by atoms with Gasteiger partial charge in [-0.3, -0.25) is 9.69 Å². The first-order valence-electron chi connectivity index (χ1n) is 10.9. The maximum Gasteiger partial charge on any atom is 0.221 e. The SMILES string of the molecule is CC(=O)Nc1ccc(CN2CCC(CCc3cccs3)(C3CCCO3)CC2)cc1. The Bertz CT molecular complexity index is 774. The second-order valence-electron chi connectivity index (χ2n) is 8.60. The molecule has 5 heteroatoms. The second kappa shape index (κ2) is 9.41. The smallest absolute Gasteiger partial charge is 0.221 e. The highest BCUT2D eigenvalue weighted by Gasteiger charge is 2.43. The molecule has 4 rings (SSSR count). The molecule has 0 saturated carbocycles. The van der Waals surface area contributed by atoms with Gasteiger partial charge in [-0.15, -0.1) is 11.3 Å². The molecule has 2 aromatic rings. The zero-order valence-corrected chi connectivity index (χ0v) is 18.2. The number of benzene rings is 1. The molecule has 4 nitrogen and oxygen atoms in total. The lowest BCUT2D eigenvalue weighted by molar-refractivity contribution is -0.114. The summed E-state index contributed by atoms with van der Waals surface area (Å²) in [6.07, 6.45) is 7.78. The number of piperidine rings is 1. The van der Waals surface area contributed by atoms with Crippen LogP contribution in [-0.4, -0.2) is 36.6 Å². The molecule has 1 amide bonds. The van der Waals surface area contributed by atoms with E-state index in [1.54, 1.807) is 6.92 Å². The van der Waals surface area contributed by atoms with E-state index in [1.807, 2.05) is 23.5 Å². The topological polar surface area (TPSA) is 41.6 Å². The Kier molecular flexibility index (Phi) is 6.68. The summed E-state index contributed by atoms with van der Waals surface area (Å²) in [5.41, 5.74) is 2.51. The highest BCUT2D eigenvalue weighted by molar-refractivity contribution is 7.09. The van der Waals surface area contributed by atoms with E-state index >= 15 is 0 Å². The van der Waals surface area contributed by atoms with Gasteiger partial charge in [0.2, 0.25) is 5.91 Å². The Balaban J connectivity index is 1.35. The van der Waals surface area contributed by atoms with E-state index in [1.165, 1.54) is 49.0 Å². The molecule has 2 aliphatic heterocycles. The van der Waals surface area contributed by atoms with Crippen molar-refractivity contribution in [1.29, 1.82) is 0 Å². The van der Waals surface area contributed by atoms with Crippen molar-refractivity contribution in [3.8, 4) is 0 Å². The predicted molar refractivity (Wildman–Crippen MR) is 119 cm³/mol. The number of likely N-dealkylation sites (tertiary alicyclic amines) is 1. The Morgan fingerprint density at radius 2 is 2.03 bits per heavy atom. The lowest BCUT2D eigenvalue weighted by atomic mass is 9.69. The number of ether oxygens (including phenoxy) is 1. The number of nitrogens with zero attached hydrogens (tertiary/aromatic N) is 1. The van der Waals surface area contributed by atoms with Crippen LogP contribution in [0, 0.1) is 5.41 Å². The van der Waals surface area contributed by atoms with Crippen molar-refractivity contribution in [2.75, 3.05) is 25.0 Å². The van der Waals surface area contributed by atoms with E-state index in [2.05, 4.69) is 39.9 Å². The molecule has 0 radical (unpaired) electrons. The Hall–Kier alpha value is -1.69. The first-order chi connectivity index (χ1) is 14.1. The lowest BCUT2D eigenvalue weighted by Gasteiger charge is -2.45. The molecule has 1 aromatic carbocycles. The number of hydrogen-bond donors (Lipinski definition) is 1. The standard InChI is InChI=1S/C24H32N2O2S/c1-19(27)25-21-8-6-20(7-9-21)18-26-14-12-24(13-15-26,23-5-2-16-28-23)11-10-22-4-3-17-29-22/h3-4,6-9,17,23H,2,5,10-16,18H2,1H3,(H,25,27). The van der Waals surface area contributed by atoms with Crippen molar-refractivity contribution in [2.45, 2.75) is 58.1 Å². The fraction of sp³-hybridized carbons (Fsp3) is 0.542. The number of amides is 1. The van der Waals surface area contributed by atoms with Crippen LogP contribution in [0.2, 0.25) is 0 Å². The van der Waals surface area contributed by atoms with Gasteiger partial charge < -0.3 is 10.1 Å². The minimum Gasteiger partial charge on any atom is -0.378 e. The van der Waals surface area contributed by atoms with Crippen molar-refractivity contribution in [2.24, 2.45) is 5.41 Å². The minimum atomic E-state index is -0.0261. The number of carbonyl (C=O) groups is 1. The maximum absolute atomic E-state index is 11.2. The van der Waals surface area contributed by atoms with E-state index in [4.69, 9.17) is 4.74 Å². The largest absolute Gasteiger partial charge is 0.378 e. The van der Waals surface area contributed by atoms with E-state index in [0.29, 0.717) is 11.5 Å². The summed E-state index contributed by atoms with van der Waals surface area (Å²) in [7, 11) is 0. The van der Waals surface area contributed by atoms with Crippen LogP contribution in [0.4, 0.5) is 5.69 Å². The summed E-state index contributed by atoms with van der Waals surface area (Å²) in [5.74, 6) is -0.0261. The van der Waals surface area contributed by atoms with Crippen molar-refractivity contribution in [3.05, 3.63) is 52.2 Å². The molecule has 1 N–H and O–H groups in total. The molecular weight excluding hydrogens is 380 g/mol. The molecule has 0 aliphatic carbocycles. The zero-order valence-electron chi connectivity index (χ0n) is 17.4. The fourth-order valence-electron chi connectivity index (χ4n) is 4.93. The van der Waals surface area contributed by atoms with Crippen molar-refractivity contribution < 1.29 is 9.53 Å². The normalized spacial score (nSPS) is 21.9. The van der Waals surface area contributed by atoms with Crippen LogP contribution in [0.15, 0.2) is 41.8 Å². The third-order valence-electron chi connectivity index (χ3n) is 6.59. The minimum absolute atomic E-state index is 0.0261. The number of aryl methyl sites for hydroxylation is 1. The van der Waals surface area contributed by atoms with Gasteiger partial charge in [0, 0.05) is 30.6 Å². The van der Waals surface area contributed by atoms with Gasteiger partial charge in [-0.05, 0) is 86.2 Å². The third-order valence-corrected chi connectivity index (χ3v) is 7.53. The molecular formula is C24H32N2O2S. The molecule has 0 bridgehead atoms. The van der Waals surface area contributed by atoms with Gasteiger partial charge in [0.05, 0.1) is 6.10 Å². The number of rotatable bonds is 7. The molecule has 156 valence electrons. The number of hydrogen-bond acceptors (Lipinski definition) is 4. The van der Waals surface area contributed by atoms with Crippen molar-refractivity contribution in [1.82, 2.24) is 4.90 Å². The Morgan fingerprint density at radius 1 is 1.24 bits per heavy atom. The number of nitrogens with one attached hydrogen (secondary N) is 1. The highest BCUT2D eigenvalue weighted by atomic mass is 32.1. The molecule has 2 aliphatic rings. The molecule has 3 heterocycles. The lowest BCUT2D eigenvalue weighted by Crippen LogP contribution is -2.46. The average molecular weight is 413 g/mol. The first-order valence-corrected chi connectivity index (χ1v) is 11.7. The summed E-state index contributed by atoms with van der Waals surface area (Å²) >= 11 is 1.88. The van der Waals surface area contributed by atoms with Crippen LogP contribution < -0.4 is 5.32 Å². The maximum atomic E-state index is 11.2. The number of thiophene rings is 1. The van der Waals surface area contributed by atoms with Crippen LogP contribution in [0.1, 0.15) is 49.5 Å². The summed E-state index contributed by atoms with van der Waals surface area (Å²) in [6.45, 7) is 5.73. The van der Waals surface area contributed by atoms with Gasteiger partial charge in [0.1, 0.15) is 0 Å². The zero-order chi connectivity index (χ0) is 20.1. The summed E-state index contributed by atoms with van der Waals surface area (Å²) in [4.78, 5) is 15.3. The average Bonchev–Trinajstić information content (AvgIpc) is 3.43. The van der Waals surface area contributed by atoms with Crippen LogP contribution >= 0.6 is 11.3 Å². The second-order valence-corrected chi connectivity index (χ2v) is 9.63. The molecule has 0 spiro atoms. The third kappa shape index (κ3) is 5.27. The monoisotopic (exact) mass is 412 g/mol. The number of anilines is 1. The summed E-state index contributed by atoms with van der Waals surface area (Å²) < 4.78 is 6.21. The van der Waals surface area contributed by atoms with Gasteiger partial charge in [-0.25, -0.2) is 0 Å². The Morgan fingerprint density at radius 3 is 2.66 bits per heavy atom. The molecule has 2 fully saturated rings. The summed E-state index contributed by atoms with van der Waals surface area (Å²) in [5, 5.41) is 5.03. The molecule has 1 atom stereocenters. The number of carbonyl (C=O) groups excluding carboxylic acids is 1. The molecule has 1 unspecified atom stereocenters. The van der Waals surface area contributed by atoms with E-state index in [0.717, 1.165) is 31.9 Å². The molecule has 1 aromatic heterocycles. The Labute approximate surface area is 178 Å². The fourth-order valence-corrected chi connectivity index (χ4v) is 5.64. The van der Waals surface area contributed by atoms with E-state index < -0.39 is 0 Å². The van der Waals surface area contributed by atoms with Crippen LogP contribution in [0.5, 0.6) is 0 Å². The van der Waals surface area contributed by atoms with Crippen LogP contribution in [0.25, 0.3) is 0 Å². The van der Waals surface area contributed by atoms with Crippen LogP contribution in [0.3, 0.4) is 0 Å². The van der Waals surface area contributed by atoms with Gasteiger partial charge >= 0.3 is 0 Å². The first kappa shape index (κ1) is 20.6. The predicted octanol–water partition coefficient (Wildman–Crippen LogP) is 5.10. The molecule has 2 saturated heterocycles. The van der Waals surface area contributed by atoms with Crippen LogP contribution in [-0.2, 0) is 22.5 Å². The van der Waals surface area contributed by atoms with E-state index in [-0.39, 0.29) is 5.91 Å². The van der Waals surface area contributed by atoms with Gasteiger partial charge in [-0.1, -0.05) is 18.2 Å². The van der Waals surface area contributed by atoms with Crippen molar-refractivity contribution in [3.63, 3.8) is 0 Å². The van der Waals surface area contributed by atoms with Gasteiger partial charge in [-0.2, -0.15) is 0 Å². The van der Waals surface area contributed by atoms with Gasteiger partial charge in [0.15, 0.2) is 0 Å². The quantitative estimate of drug-likeness (QED) is 0.688. The van der Waals surface area contributed by atoms with Gasteiger partial charge in [0.25, 0.3) is 0 Å². The molecule has 29 heavy (non-hydrogen) atoms. The van der Waals surface area contributed by atoms with Crippen molar-refractivity contribution >= 4 is 22.9 Å².